The molecule has 1 unspecified atom stereocenters. The molecule has 0 bridgehead atoms. The Morgan fingerprint density at radius 3 is 3.31 bits per heavy atom. The molecule has 0 amide bonds. The van der Waals surface area contributed by atoms with Crippen LogP contribution in [0.1, 0.15) is 0 Å². The van der Waals surface area contributed by atoms with Crippen LogP contribution >= 0.6 is 0 Å². The zero-order valence-electron chi connectivity index (χ0n) is 9.40. The number of anilines is 2. The number of nitrogens with one attached hydrogen (secondary N) is 1. The highest BCUT2D eigenvalue weighted by Gasteiger charge is 2.30. The minimum Gasteiger partial charge on any atom is -0.495 e. The van der Waals surface area contributed by atoms with Crippen molar-refractivity contribution in [3.05, 3.63) is 18.2 Å². The minimum absolute atomic E-state index is 0.452. The Morgan fingerprint density at radius 2 is 2.44 bits per heavy atom. The van der Waals surface area contributed by atoms with Gasteiger partial charge in [-0.15, -0.1) is 0 Å². The molecule has 1 fully saturated rings. The number of hydrogen-bond acceptors (Lipinski definition) is 4. The van der Waals surface area contributed by atoms with E-state index in [2.05, 4.69) is 16.3 Å². The van der Waals surface area contributed by atoms with Crippen molar-refractivity contribution < 1.29 is 9.47 Å². The summed E-state index contributed by atoms with van der Waals surface area (Å²) in [6.07, 6.45) is 0. The maximum absolute atomic E-state index is 5.50. The van der Waals surface area contributed by atoms with Gasteiger partial charge in [0.05, 0.1) is 32.1 Å². The Hall–Kier alpha value is -1.42. The predicted octanol–water partition coefficient (Wildman–Crippen LogP) is 1.33. The van der Waals surface area contributed by atoms with E-state index in [-0.39, 0.29) is 0 Å². The zero-order valence-corrected chi connectivity index (χ0v) is 9.40. The first kappa shape index (κ1) is 9.78. The van der Waals surface area contributed by atoms with Crippen LogP contribution in [0.25, 0.3) is 0 Å². The molecule has 3 rings (SSSR count). The SMILES string of the molecule is COc1cccc2c1NCC1COCCN21. The van der Waals surface area contributed by atoms with Crippen LogP contribution in [0.5, 0.6) is 5.75 Å². The Balaban J connectivity index is 2.01. The Morgan fingerprint density at radius 1 is 1.50 bits per heavy atom. The summed E-state index contributed by atoms with van der Waals surface area (Å²) in [7, 11) is 1.71. The molecule has 0 aromatic heterocycles. The van der Waals surface area contributed by atoms with Gasteiger partial charge in [-0.2, -0.15) is 0 Å². The van der Waals surface area contributed by atoms with Crippen LogP contribution in [-0.2, 0) is 4.74 Å². The summed E-state index contributed by atoms with van der Waals surface area (Å²) in [6, 6.07) is 6.62. The van der Waals surface area contributed by atoms with Crippen LogP contribution in [0, 0.1) is 0 Å². The van der Waals surface area contributed by atoms with Gasteiger partial charge < -0.3 is 19.7 Å². The van der Waals surface area contributed by atoms with E-state index in [0.717, 1.165) is 37.7 Å². The van der Waals surface area contributed by atoms with Gasteiger partial charge in [0.2, 0.25) is 0 Å². The second-order valence-electron chi connectivity index (χ2n) is 4.16. The van der Waals surface area contributed by atoms with Crippen LogP contribution < -0.4 is 15.0 Å². The van der Waals surface area contributed by atoms with Crippen LogP contribution in [0.15, 0.2) is 18.2 Å². The van der Waals surface area contributed by atoms with Crippen molar-refractivity contribution in [3.8, 4) is 5.75 Å². The maximum Gasteiger partial charge on any atom is 0.144 e. The van der Waals surface area contributed by atoms with Gasteiger partial charge in [0, 0.05) is 13.1 Å². The first-order chi connectivity index (χ1) is 7.90. The van der Waals surface area contributed by atoms with E-state index in [1.165, 1.54) is 5.69 Å². The third-order valence-corrected chi connectivity index (χ3v) is 3.28. The van der Waals surface area contributed by atoms with E-state index in [1.807, 2.05) is 12.1 Å². The van der Waals surface area contributed by atoms with Crippen LogP contribution in [0.2, 0.25) is 0 Å². The first-order valence-corrected chi connectivity index (χ1v) is 5.65. The number of ether oxygens (including phenoxy) is 2. The minimum atomic E-state index is 0.452. The van der Waals surface area contributed by atoms with E-state index in [4.69, 9.17) is 9.47 Å². The van der Waals surface area contributed by atoms with Crippen molar-refractivity contribution >= 4 is 11.4 Å². The summed E-state index contributed by atoms with van der Waals surface area (Å²) in [5.41, 5.74) is 2.35. The fourth-order valence-electron chi connectivity index (χ4n) is 2.47. The molecule has 1 N–H and O–H groups in total. The number of fused-ring (bicyclic) bond motifs is 3. The van der Waals surface area contributed by atoms with Crippen LogP contribution in [-0.4, -0.2) is 39.5 Å². The molecule has 16 heavy (non-hydrogen) atoms. The molecule has 1 aromatic rings. The van der Waals surface area contributed by atoms with Gasteiger partial charge in [0.15, 0.2) is 0 Å². The van der Waals surface area contributed by atoms with Crippen molar-refractivity contribution in [2.75, 3.05) is 43.6 Å². The Bertz CT molecular complexity index is 395. The average molecular weight is 220 g/mol. The monoisotopic (exact) mass is 220 g/mol. The molecule has 2 heterocycles. The predicted molar refractivity (Wildman–Crippen MR) is 63.4 cm³/mol. The molecule has 1 atom stereocenters. The highest BCUT2D eigenvalue weighted by atomic mass is 16.5. The molecule has 0 aliphatic carbocycles. The third kappa shape index (κ3) is 1.41. The summed E-state index contributed by atoms with van der Waals surface area (Å²) < 4.78 is 10.9. The highest BCUT2D eigenvalue weighted by molar-refractivity contribution is 5.78. The lowest BCUT2D eigenvalue weighted by molar-refractivity contribution is 0.0963. The molecule has 0 spiro atoms. The fourth-order valence-corrected chi connectivity index (χ4v) is 2.47. The van der Waals surface area contributed by atoms with E-state index in [9.17, 15) is 0 Å². The van der Waals surface area contributed by atoms with Gasteiger partial charge in [-0.1, -0.05) is 6.07 Å². The highest BCUT2D eigenvalue weighted by Crippen LogP contribution is 2.39. The lowest BCUT2D eigenvalue weighted by atomic mass is 10.1. The second kappa shape index (κ2) is 3.87. The van der Waals surface area contributed by atoms with Gasteiger partial charge in [-0.25, -0.2) is 0 Å². The largest absolute Gasteiger partial charge is 0.495 e. The summed E-state index contributed by atoms with van der Waals surface area (Å²) in [5, 5.41) is 3.43. The molecule has 86 valence electrons. The summed E-state index contributed by atoms with van der Waals surface area (Å²) in [4.78, 5) is 2.41. The second-order valence-corrected chi connectivity index (χ2v) is 4.16. The molecule has 1 saturated heterocycles. The first-order valence-electron chi connectivity index (χ1n) is 5.65. The van der Waals surface area contributed by atoms with Gasteiger partial charge in [-0.05, 0) is 12.1 Å². The van der Waals surface area contributed by atoms with Gasteiger partial charge in [0.1, 0.15) is 11.4 Å². The van der Waals surface area contributed by atoms with E-state index >= 15 is 0 Å². The van der Waals surface area contributed by atoms with Crippen molar-refractivity contribution in [2.45, 2.75) is 6.04 Å². The summed E-state index contributed by atoms with van der Waals surface area (Å²) in [6.45, 7) is 3.51. The normalized spacial score (nSPS) is 23.1. The molecular formula is C12H16N2O2. The molecule has 1 aromatic carbocycles. The number of methoxy groups -OCH3 is 1. The van der Waals surface area contributed by atoms with Crippen molar-refractivity contribution in [3.63, 3.8) is 0 Å². The molecule has 2 aliphatic heterocycles. The molecular weight excluding hydrogens is 204 g/mol. The number of nitrogens with zero attached hydrogens (tertiary/aromatic N) is 1. The van der Waals surface area contributed by atoms with Crippen molar-refractivity contribution in [1.29, 1.82) is 0 Å². The number of para-hydroxylation sites is 1. The zero-order chi connectivity index (χ0) is 11.0. The quantitative estimate of drug-likeness (QED) is 0.774. The molecule has 2 aliphatic rings. The number of hydrogen-bond donors (Lipinski definition) is 1. The van der Waals surface area contributed by atoms with E-state index < -0.39 is 0 Å². The van der Waals surface area contributed by atoms with Crippen molar-refractivity contribution in [1.82, 2.24) is 0 Å². The van der Waals surface area contributed by atoms with Gasteiger partial charge >= 0.3 is 0 Å². The van der Waals surface area contributed by atoms with Crippen LogP contribution in [0.4, 0.5) is 11.4 Å². The number of morpholine rings is 1. The molecule has 4 nitrogen and oxygen atoms in total. The molecule has 4 heteroatoms. The third-order valence-electron chi connectivity index (χ3n) is 3.28. The van der Waals surface area contributed by atoms with E-state index in [1.54, 1.807) is 7.11 Å². The maximum atomic E-state index is 5.50. The standard InChI is InChI=1S/C12H16N2O2/c1-15-11-4-2-3-10-12(11)13-7-9-8-16-6-5-14(9)10/h2-4,9,13H,5-8H2,1H3. The number of rotatable bonds is 1. The Kier molecular flexibility index (Phi) is 2.36. The fraction of sp³-hybridized carbons (Fsp3) is 0.500. The smallest absolute Gasteiger partial charge is 0.144 e. The summed E-state index contributed by atoms with van der Waals surface area (Å²) >= 11 is 0. The molecule has 0 radical (unpaired) electrons. The van der Waals surface area contributed by atoms with Gasteiger partial charge in [-0.3, -0.25) is 0 Å². The lowest BCUT2D eigenvalue weighted by Gasteiger charge is -2.42. The Labute approximate surface area is 95.1 Å². The van der Waals surface area contributed by atoms with Crippen molar-refractivity contribution in [2.24, 2.45) is 0 Å². The van der Waals surface area contributed by atoms with Gasteiger partial charge in [0.25, 0.3) is 0 Å². The lowest BCUT2D eigenvalue weighted by Crippen LogP contribution is -2.51. The molecule has 0 saturated carbocycles. The topological polar surface area (TPSA) is 33.7 Å². The van der Waals surface area contributed by atoms with E-state index in [0.29, 0.717) is 6.04 Å². The van der Waals surface area contributed by atoms with Crippen LogP contribution in [0.3, 0.4) is 0 Å². The summed E-state index contributed by atoms with van der Waals surface area (Å²) in [5.74, 6) is 0.919. The number of benzene rings is 1. The average Bonchev–Trinajstić information content (AvgIpc) is 2.37.